The molecule has 21 heavy (non-hydrogen) atoms. The molecule has 0 aliphatic carbocycles. The van der Waals surface area contributed by atoms with E-state index in [2.05, 4.69) is 10.6 Å². The van der Waals surface area contributed by atoms with Crippen LogP contribution < -0.4 is 10.6 Å². The van der Waals surface area contributed by atoms with Crippen molar-refractivity contribution in [2.24, 2.45) is 5.41 Å². The van der Waals surface area contributed by atoms with Crippen molar-refractivity contribution in [2.75, 3.05) is 13.6 Å². The van der Waals surface area contributed by atoms with Crippen molar-refractivity contribution in [2.45, 2.75) is 20.3 Å². The third-order valence-electron chi connectivity index (χ3n) is 3.23. The highest BCUT2D eigenvalue weighted by Gasteiger charge is 2.26. The second kappa shape index (κ2) is 6.88. The van der Waals surface area contributed by atoms with Crippen LogP contribution in [-0.4, -0.2) is 36.5 Å². The highest BCUT2D eigenvalue weighted by atomic mass is 16.4. The van der Waals surface area contributed by atoms with Gasteiger partial charge in [0.15, 0.2) is 0 Å². The first-order valence-corrected chi connectivity index (χ1v) is 6.61. The molecule has 0 aliphatic heterocycles. The highest BCUT2D eigenvalue weighted by molar-refractivity contribution is 5.99. The summed E-state index contributed by atoms with van der Waals surface area (Å²) in [5.74, 6) is -1.50. The number of carbonyl (C=O) groups is 3. The van der Waals surface area contributed by atoms with Crippen LogP contribution in [0.2, 0.25) is 0 Å². The summed E-state index contributed by atoms with van der Waals surface area (Å²) >= 11 is 0. The van der Waals surface area contributed by atoms with E-state index in [9.17, 15) is 14.4 Å². The second-order valence-corrected chi connectivity index (χ2v) is 5.35. The topological polar surface area (TPSA) is 95.5 Å². The molecule has 1 aromatic carbocycles. The van der Waals surface area contributed by atoms with Gasteiger partial charge in [0.05, 0.1) is 5.41 Å². The lowest BCUT2D eigenvalue weighted by Crippen LogP contribution is -2.32. The Labute approximate surface area is 123 Å². The first-order valence-electron chi connectivity index (χ1n) is 6.61. The Hall–Kier alpha value is -2.37. The number of hydrogen-bond acceptors (Lipinski definition) is 3. The molecule has 0 heterocycles. The summed E-state index contributed by atoms with van der Waals surface area (Å²) in [6, 6.07) is 6.34. The molecule has 0 spiro atoms. The summed E-state index contributed by atoms with van der Waals surface area (Å²) in [6.45, 7) is 3.46. The van der Waals surface area contributed by atoms with Crippen LogP contribution in [0.25, 0.3) is 0 Å². The molecule has 0 atom stereocenters. The summed E-state index contributed by atoms with van der Waals surface area (Å²) in [7, 11) is 1.52. The van der Waals surface area contributed by atoms with Gasteiger partial charge in [0.1, 0.15) is 0 Å². The number of rotatable bonds is 6. The molecule has 2 amide bonds. The van der Waals surface area contributed by atoms with Gasteiger partial charge < -0.3 is 15.7 Å². The number of carboxylic acid groups (broad SMARTS) is 1. The molecule has 0 saturated carbocycles. The van der Waals surface area contributed by atoms with Crippen molar-refractivity contribution in [1.82, 2.24) is 10.6 Å². The van der Waals surface area contributed by atoms with E-state index in [-0.39, 0.29) is 18.4 Å². The lowest BCUT2D eigenvalue weighted by Gasteiger charge is -2.18. The lowest BCUT2D eigenvalue weighted by molar-refractivity contribution is -0.147. The molecule has 3 N–H and O–H groups in total. The molecule has 0 aliphatic rings. The molecular formula is C15H20N2O4. The number of hydrogen-bond donors (Lipinski definition) is 3. The van der Waals surface area contributed by atoms with Gasteiger partial charge in [0, 0.05) is 24.7 Å². The average Bonchev–Trinajstić information content (AvgIpc) is 2.46. The monoisotopic (exact) mass is 292 g/mol. The van der Waals surface area contributed by atoms with Gasteiger partial charge in [0.2, 0.25) is 0 Å². The van der Waals surface area contributed by atoms with Gasteiger partial charge in [-0.05, 0) is 38.5 Å². The molecule has 0 saturated heterocycles. The number of aliphatic carboxylic acids is 1. The van der Waals surface area contributed by atoms with Crippen LogP contribution in [0.5, 0.6) is 0 Å². The van der Waals surface area contributed by atoms with Gasteiger partial charge in [-0.3, -0.25) is 14.4 Å². The maximum Gasteiger partial charge on any atom is 0.309 e. The molecular weight excluding hydrogens is 272 g/mol. The summed E-state index contributed by atoms with van der Waals surface area (Å²) in [4.78, 5) is 34.4. The zero-order chi connectivity index (χ0) is 16.0. The fourth-order valence-corrected chi connectivity index (χ4v) is 1.64. The van der Waals surface area contributed by atoms with E-state index in [1.54, 1.807) is 32.0 Å². The molecule has 0 aromatic heterocycles. The van der Waals surface area contributed by atoms with Crippen molar-refractivity contribution in [3.8, 4) is 0 Å². The molecule has 6 heteroatoms. The fraction of sp³-hybridized carbons (Fsp3) is 0.400. The molecule has 1 rings (SSSR count). The SMILES string of the molecule is CNC(=O)c1cccc(C(=O)NCCC(C)(C)C(=O)O)c1. The Morgan fingerprint density at radius 3 is 2.24 bits per heavy atom. The van der Waals surface area contributed by atoms with Gasteiger partial charge in [0.25, 0.3) is 11.8 Å². The number of carbonyl (C=O) groups excluding carboxylic acids is 2. The quantitative estimate of drug-likeness (QED) is 0.736. The van der Waals surface area contributed by atoms with Gasteiger partial charge in [-0.2, -0.15) is 0 Å². The third-order valence-corrected chi connectivity index (χ3v) is 3.23. The third kappa shape index (κ3) is 4.59. The van der Waals surface area contributed by atoms with Crippen LogP contribution in [0.3, 0.4) is 0 Å². The normalized spacial score (nSPS) is 10.8. The van der Waals surface area contributed by atoms with Crippen molar-refractivity contribution in [3.05, 3.63) is 35.4 Å². The summed E-state index contributed by atoms with van der Waals surface area (Å²) in [6.07, 6.45) is 0.323. The van der Waals surface area contributed by atoms with Crippen molar-refractivity contribution < 1.29 is 19.5 Å². The average molecular weight is 292 g/mol. The van der Waals surface area contributed by atoms with Gasteiger partial charge in [-0.25, -0.2) is 0 Å². The minimum Gasteiger partial charge on any atom is -0.481 e. The molecule has 1 aromatic rings. The van der Waals surface area contributed by atoms with Crippen molar-refractivity contribution in [1.29, 1.82) is 0 Å². The van der Waals surface area contributed by atoms with E-state index in [0.717, 1.165) is 0 Å². The largest absolute Gasteiger partial charge is 0.481 e. The number of nitrogens with one attached hydrogen (secondary N) is 2. The van der Waals surface area contributed by atoms with Crippen LogP contribution in [0.1, 0.15) is 41.0 Å². The maximum absolute atomic E-state index is 12.0. The highest BCUT2D eigenvalue weighted by Crippen LogP contribution is 2.19. The molecule has 114 valence electrons. The standard InChI is InChI=1S/C15H20N2O4/c1-15(2,14(20)21)7-8-17-13(19)11-6-4-5-10(9-11)12(18)16-3/h4-6,9H,7-8H2,1-3H3,(H,16,18)(H,17,19)(H,20,21). The molecule has 0 radical (unpaired) electrons. The van der Waals surface area contributed by atoms with E-state index in [1.165, 1.54) is 13.1 Å². The fourth-order valence-electron chi connectivity index (χ4n) is 1.64. The predicted molar refractivity (Wildman–Crippen MR) is 78.2 cm³/mol. The van der Waals surface area contributed by atoms with Gasteiger partial charge in [-0.15, -0.1) is 0 Å². The number of carboxylic acids is 1. The predicted octanol–water partition coefficient (Wildman–Crippen LogP) is 1.28. The molecule has 6 nitrogen and oxygen atoms in total. The Morgan fingerprint density at radius 2 is 1.71 bits per heavy atom. The van der Waals surface area contributed by atoms with E-state index < -0.39 is 11.4 Å². The number of amides is 2. The van der Waals surface area contributed by atoms with E-state index in [0.29, 0.717) is 17.5 Å². The van der Waals surface area contributed by atoms with Crippen molar-refractivity contribution >= 4 is 17.8 Å². The minimum atomic E-state index is -0.904. The second-order valence-electron chi connectivity index (χ2n) is 5.35. The summed E-state index contributed by atoms with van der Waals surface area (Å²) < 4.78 is 0. The van der Waals surface area contributed by atoms with Crippen LogP contribution >= 0.6 is 0 Å². The summed E-state index contributed by atoms with van der Waals surface area (Å²) in [5, 5.41) is 14.1. The van der Waals surface area contributed by atoms with E-state index in [4.69, 9.17) is 5.11 Å². The zero-order valence-corrected chi connectivity index (χ0v) is 12.4. The van der Waals surface area contributed by atoms with Crippen molar-refractivity contribution in [3.63, 3.8) is 0 Å². The first kappa shape index (κ1) is 16.7. The van der Waals surface area contributed by atoms with Gasteiger partial charge in [-0.1, -0.05) is 6.07 Å². The van der Waals surface area contributed by atoms with Gasteiger partial charge >= 0.3 is 5.97 Å². The Kier molecular flexibility index (Phi) is 5.46. The zero-order valence-electron chi connectivity index (χ0n) is 12.4. The maximum atomic E-state index is 12.0. The molecule has 0 fully saturated rings. The van der Waals surface area contributed by atoms with Crippen LogP contribution in [0.15, 0.2) is 24.3 Å². The first-order chi connectivity index (χ1) is 9.77. The Bertz CT molecular complexity index is 552. The number of benzene rings is 1. The Morgan fingerprint density at radius 1 is 1.14 bits per heavy atom. The summed E-state index contributed by atoms with van der Waals surface area (Å²) in [5.41, 5.74) is -0.128. The molecule has 0 bridgehead atoms. The van der Waals surface area contributed by atoms with E-state index >= 15 is 0 Å². The Balaban J connectivity index is 2.65. The van der Waals surface area contributed by atoms with Crippen LogP contribution in [0.4, 0.5) is 0 Å². The van der Waals surface area contributed by atoms with Crippen LogP contribution in [0, 0.1) is 5.41 Å². The smallest absolute Gasteiger partial charge is 0.309 e. The molecule has 0 unspecified atom stereocenters. The minimum absolute atomic E-state index is 0.252. The lowest BCUT2D eigenvalue weighted by atomic mass is 9.90. The van der Waals surface area contributed by atoms with Crippen LogP contribution in [-0.2, 0) is 4.79 Å². The van der Waals surface area contributed by atoms with E-state index in [1.807, 2.05) is 0 Å².